The van der Waals surface area contributed by atoms with E-state index in [1.54, 1.807) is 6.20 Å². The molecular weight excluding hydrogens is 439 g/mol. The number of H-pyrrole nitrogens is 1. The maximum absolute atomic E-state index is 12.7. The summed E-state index contributed by atoms with van der Waals surface area (Å²) in [6.07, 6.45) is -3.03. The van der Waals surface area contributed by atoms with Gasteiger partial charge >= 0.3 is 12.4 Å². The van der Waals surface area contributed by atoms with E-state index in [-0.39, 0.29) is 25.1 Å². The third kappa shape index (κ3) is 6.64. The van der Waals surface area contributed by atoms with Gasteiger partial charge in [-0.15, -0.1) is 13.2 Å². The molecular formula is C22H20F3N5O3. The van der Waals surface area contributed by atoms with E-state index < -0.39 is 30.1 Å². The van der Waals surface area contributed by atoms with E-state index in [4.69, 9.17) is 5.26 Å². The predicted octanol–water partition coefficient (Wildman–Crippen LogP) is 3.83. The topological polar surface area (TPSA) is 119 Å². The fourth-order valence-electron chi connectivity index (χ4n) is 3.19. The van der Waals surface area contributed by atoms with Gasteiger partial charge in [0.2, 0.25) is 5.91 Å². The number of amides is 3. The third-order valence-electron chi connectivity index (χ3n) is 4.62. The summed E-state index contributed by atoms with van der Waals surface area (Å²) in [7, 11) is 0. The fraction of sp³-hybridized carbons (Fsp3) is 0.227. The lowest BCUT2D eigenvalue weighted by atomic mass is 10.0. The zero-order valence-corrected chi connectivity index (χ0v) is 17.2. The van der Waals surface area contributed by atoms with Crippen LogP contribution in [0.3, 0.4) is 0 Å². The lowest BCUT2D eigenvalue weighted by molar-refractivity contribution is -0.274. The van der Waals surface area contributed by atoms with E-state index in [0.717, 1.165) is 22.5 Å². The van der Waals surface area contributed by atoms with E-state index in [2.05, 4.69) is 25.7 Å². The molecule has 33 heavy (non-hydrogen) atoms. The van der Waals surface area contributed by atoms with Gasteiger partial charge in [-0.05, 0) is 23.8 Å². The van der Waals surface area contributed by atoms with Crippen molar-refractivity contribution in [1.29, 1.82) is 5.26 Å². The number of carbonyl (C=O) groups is 2. The summed E-state index contributed by atoms with van der Waals surface area (Å²) >= 11 is 0. The Balaban J connectivity index is 1.76. The molecule has 11 heteroatoms. The molecule has 0 radical (unpaired) electrons. The van der Waals surface area contributed by atoms with E-state index in [1.807, 2.05) is 30.3 Å². The monoisotopic (exact) mass is 459 g/mol. The molecule has 0 saturated carbocycles. The summed E-state index contributed by atoms with van der Waals surface area (Å²) in [5.74, 6) is -1.13. The van der Waals surface area contributed by atoms with Gasteiger partial charge in [-0.2, -0.15) is 5.26 Å². The number of nitrogens with one attached hydrogen (secondary N) is 4. The number of aromatic nitrogens is 1. The smallest absolute Gasteiger partial charge is 0.404 e. The third-order valence-corrected chi connectivity index (χ3v) is 4.62. The molecule has 1 heterocycles. The van der Waals surface area contributed by atoms with Crippen LogP contribution in [-0.2, 0) is 11.2 Å². The zero-order valence-electron chi connectivity index (χ0n) is 17.2. The first kappa shape index (κ1) is 23.5. The minimum Gasteiger partial charge on any atom is -0.404 e. The van der Waals surface area contributed by atoms with Crippen LogP contribution >= 0.6 is 0 Å². The van der Waals surface area contributed by atoms with Gasteiger partial charge in [0.25, 0.3) is 0 Å². The number of hydrogen-bond acceptors (Lipinski definition) is 4. The van der Waals surface area contributed by atoms with Crippen LogP contribution in [0.1, 0.15) is 12.0 Å². The molecule has 2 aromatic carbocycles. The van der Waals surface area contributed by atoms with Crippen molar-refractivity contribution in [3.8, 4) is 11.8 Å². The molecule has 4 N–H and O–H groups in total. The highest BCUT2D eigenvalue weighted by molar-refractivity contribution is 5.95. The summed E-state index contributed by atoms with van der Waals surface area (Å²) in [5, 5.41) is 16.9. The maximum atomic E-state index is 12.7. The van der Waals surface area contributed by atoms with E-state index in [0.29, 0.717) is 0 Å². The van der Waals surface area contributed by atoms with Crippen molar-refractivity contribution in [3.63, 3.8) is 0 Å². The Morgan fingerprint density at radius 3 is 2.61 bits per heavy atom. The number of alkyl halides is 3. The summed E-state index contributed by atoms with van der Waals surface area (Å²) in [6, 6.07) is 12.4. The summed E-state index contributed by atoms with van der Waals surface area (Å²) in [4.78, 5) is 28.3. The Bertz CT molecular complexity index is 1170. The summed E-state index contributed by atoms with van der Waals surface area (Å²) < 4.78 is 41.8. The van der Waals surface area contributed by atoms with Crippen molar-refractivity contribution in [2.75, 3.05) is 11.9 Å². The van der Waals surface area contributed by atoms with Crippen molar-refractivity contribution >= 4 is 28.5 Å². The van der Waals surface area contributed by atoms with Crippen molar-refractivity contribution in [2.24, 2.45) is 0 Å². The van der Waals surface area contributed by atoms with Gasteiger partial charge in [-0.1, -0.05) is 30.3 Å². The van der Waals surface area contributed by atoms with Crippen LogP contribution in [0, 0.1) is 11.3 Å². The highest BCUT2D eigenvalue weighted by Crippen LogP contribution is 2.29. The van der Waals surface area contributed by atoms with E-state index in [1.165, 1.54) is 18.2 Å². The van der Waals surface area contributed by atoms with Crippen molar-refractivity contribution < 1.29 is 27.5 Å². The molecule has 0 aliphatic carbocycles. The van der Waals surface area contributed by atoms with Gasteiger partial charge in [-0.25, -0.2) is 4.79 Å². The van der Waals surface area contributed by atoms with Crippen LogP contribution in [-0.4, -0.2) is 35.9 Å². The summed E-state index contributed by atoms with van der Waals surface area (Å²) in [6.45, 7) is 0.0886. The molecule has 1 atom stereocenters. The number of ether oxygens (including phenoxy) is 1. The molecule has 0 fully saturated rings. The van der Waals surface area contributed by atoms with Gasteiger partial charge < -0.3 is 25.7 Å². The second kappa shape index (κ2) is 10.4. The zero-order chi connectivity index (χ0) is 23.8. The van der Waals surface area contributed by atoms with E-state index in [9.17, 15) is 22.8 Å². The number of fused-ring (bicyclic) bond motifs is 1. The minimum atomic E-state index is -4.94. The molecule has 0 bridgehead atoms. The lowest BCUT2D eigenvalue weighted by Crippen LogP contribution is -2.49. The second-order valence-corrected chi connectivity index (χ2v) is 6.96. The summed E-state index contributed by atoms with van der Waals surface area (Å²) in [5.41, 5.74) is 1.38. The molecule has 1 unspecified atom stereocenters. The first-order valence-corrected chi connectivity index (χ1v) is 9.89. The fourth-order valence-corrected chi connectivity index (χ4v) is 3.19. The Kier molecular flexibility index (Phi) is 7.40. The molecule has 0 aliphatic heterocycles. The lowest BCUT2D eigenvalue weighted by Gasteiger charge is -2.19. The highest BCUT2D eigenvalue weighted by atomic mass is 19.4. The van der Waals surface area contributed by atoms with Crippen LogP contribution in [0.25, 0.3) is 10.9 Å². The van der Waals surface area contributed by atoms with Gasteiger partial charge in [-0.3, -0.25) is 4.79 Å². The maximum Gasteiger partial charge on any atom is 0.573 e. The molecule has 0 saturated heterocycles. The molecule has 3 rings (SSSR count). The van der Waals surface area contributed by atoms with Gasteiger partial charge in [0, 0.05) is 30.1 Å². The Morgan fingerprint density at radius 1 is 1.12 bits per heavy atom. The Morgan fingerprint density at radius 2 is 1.85 bits per heavy atom. The Hall–Kier alpha value is -4.20. The normalized spacial score (nSPS) is 11.9. The van der Waals surface area contributed by atoms with Crippen molar-refractivity contribution in [1.82, 2.24) is 15.6 Å². The van der Waals surface area contributed by atoms with Gasteiger partial charge in [0.15, 0.2) is 5.75 Å². The largest absolute Gasteiger partial charge is 0.573 e. The number of benzene rings is 2. The molecule has 0 aliphatic rings. The molecule has 1 aromatic heterocycles. The van der Waals surface area contributed by atoms with Gasteiger partial charge in [0.05, 0.1) is 18.2 Å². The van der Waals surface area contributed by atoms with Crippen LogP contribution in [0.4, 0.5) is 23.7 Å². The number of halogens is 3. The van der Waals surface area contributed by atoms with Crippen LogP contribution in [0.2, 0.25) is 0 Å². The number of nitrogens with zero attached hydrogens (tertiary/aromatic N) is 1. The van der Waals surface area contributed by atoms with Gasteiger partial charge in [0.1, 0.15) is 6.04 Å². The molecule has 3 amide bonds. The first-order chi connectivity index (χ1) is 15.8. The molecule has 3 aromatic rings. The average Bonchev–Trinajstić information content (AvgIpc) is 3.17. The number of rotatable bonds is 8. The van der Waals surface area contributed by atoms with Crippen LogP contribution in [0.5, 0.6) is 5.75 Å². The standard InChI is InChI=1S/C22H20F3N5O3/c23-22(24,25)33-19-9-4-3-8-17(19)29-21(32)30-18(20(31)27-11-5-10-26)12-14-13-28-16-7-2-1-6-15(14)16/h1-4,6-9,13,18,28H,5,11-12H2,(H,27,31)(H2,29,30,32). The van der Waals surface area contributed by atoms with Crippen molar-refractivity contribution in [3.05, 3.63) is 60.3 Å². The number of nitriles is 1. The second-order valence-electron chi connectivity index (χ2n) is 6.96. The number of anilines is 1. The number of carbonyl (C=O) groups excluding carboxylic acids is 2. The van der Waals surface area contributed by atoms with E-state index >= 15 is 0 Å². The predicted molar refractivity (Wildman–Crippen MR) is 114 cm³/mol. The Labute approximate surface area is 186 Å². The first-order valence-electron chi connectivity index (χ1n) is 9.89. The minimum absolute atomic E-state index is 0.0832. The highest BCUT2D eigenvalue weighted by Gasteiger charge is 2.32. The average molecular weight is 459 g/mol. The number of aromatic amines is 1. The van der Waals surface area contributed by atoms with Crippen molar-refractivity contribution in [2.45, 2.75) is 25.2 Å². The quantitative estimate of drug-likeness (QED) is 0.383. The number of hydrogen-bond donors (Lipinski definition) is 4. The SMILES string of the molecule is N#CCCNC(=O)C(Cc1c[nH]c2ccccc12)NC(=O)Nc1ccccc1OC(F)(F)F. The molecule has 172 valence electrons. The van der Waals surface area contributed by atoms with Crippen LogP contribution < -0.4 is 20.7 Å². The number of urea groups is 1. The molecule has 8 nitrogen and oxygen atoms in total. The van der Waals surface area contributed by atoms with Crippen LogP contribution in [0.15, 0.2) is 54.7 Å². The molecule has 0 spiro atoms. The number of para-hydroxylation sites is 3.